The van der Waals surface area contributed by atoms with Gasteiger partial charge in [-0.25, -0.2) is 0 Å². The maximum absolute atomic E-state index is 6.17. The molecule has 0 unspecified atom stereocenters. The summed E-state index contributed by atoms with van der Waals surface area (Å²) in [4.78, 5) is 4.27. The first-order valence-corrected chi connectivity index (χ1v) is 7.08. The van der Waals surface area contributed by atoms with Crippen LogP contribution in [-0.4, -0.2) is 4.98 Å². The smallest absolute Gasteiger partial charge is 0.146 e. The van der Waals surface area contributed by atoms with E-state index in [9.17, 15) is 0 Å². The number of benzene rings is 2. The predicted molar refractivity (Wildman–Crippen MR) is 85.4 cm³/mol. The van der Waals surface area contributed by atoms with E-state index >= 15 is 0 Å². The summed E-state index contributed by atoms with van der Waals surface area (Å²) in [5.74, 6) is 1.26. The second-order valence-electron chi connectivity index (χ2n) is 4.23. The molecule has 2 N–H and O–H groups in total. The summed E-state index contributed by atoms with van der Waals surface area (Å²) < 4.78 is 6.79. The summed E-state index contributed by atoms with van der Waals surface area (Å²) in [6, 6.07) is 12.8. The van der Waals surface area contributed by atoms with Crippen LogP contribution < -0.4 is 10.5 Å². The fourth-order valence-electron chi connectivity index (χ4n) is 1.93. The van der Waals surface area contributed by atoms with Crippen LogP contribution in [0.15, 0.2) is 53.1 Å². The Morgan fingerprint density at radius 2 is 1.90 bits per heavy atom. The number of ether oxygens (including phenoxy) is 1. The molecule has 0 spiro atoms. The number of fused-ring (bicyclic) bond motifs is 1. The zero-order valence-corrected chi connectivity index (χ0v) is 12.6. The molecule has 1 aromatic heterocycles. The SMILES string of the molecule is Nc1ccc(Oc2ccc(Br)cc2Cl)c2cccnc12. The zero-order chi connectivity index (χ0) is 14.1. The minimum Gasteiger partial charge on any atom is -0.455 e. The second kappa shape index (κ2) is 5.31. The molecule has 0 aliphatic heterocycles. The van der Waals surface area contributed by atoms with E-state index in [4.69, 9.17) is 22.1 Å². The van der Waals surface area contributed by atoms with Crippen LogP contribution in [0.5, 0.6) is 11.5 Å². The van der Waals surface area contributed by atoms with Crippen molar-refractivity contribution in [2.24, 2.45) is 0 Å². The van der Waals surface area contributed by atoms with Crippen molar-refractivity contribution in [3.8, 4) is 11.5 Å². The zero-order valence-electron chi connectivity index (χ0n) is 10.3. The van der Waals surface area contributed by atoms with Gasteiger partial charge in [-0.3, -0.25) is 4.98 Å². The van der Waals surface area contributed by atoms with E-state index in [0.29, 0.717) is 22.2 Å². The lowest BCUT2D eigenvalue weighted by molar-refractivity contribution is 0.488. The third-order valence-electron chi connectivity index (χ3n) is 2.87. The molecule has 5 heteroatoms. The van der Waals surface area contributed by atoms with Crippen LogP contribution in [0.1, 0.15) is 0 Å². The molecule has 3 rings (SSSR count). The van der Waals surface area contributed by atoms with Crippen LogP contribution >= 0.6 is 27.5 Å². The lowest BCUT2D eigenvalue weighted by atomic mass is 10.1. The van der Waals surface area contributed by atoms with Crippen molar-refractivity contribution in [3.05, 3.63) is 58.2 Å². The molecule has 0 bridgehead atoms. The van der Waals surface area contributed by atoms with Gasteiger partial charge in [0.1, 0.15) is 11.5 Å². The highest BCUT2D eigenvalue weighted by atomic mass is 79.9. The van der Waals surface area contributed by atoms with E-state index in [2.05, 4.69) is 20.9 Å². The molecule has 0 atom stereocenters. The fraction of sp³-hybridized carbons (Fsp3) is 0. The topological polar surface area (TPSA) is 48.1 Å². The molecule has 0 aliphatic rings. The molecule has 20 heavy (non-hydrogen) atoms. The summed E-state index contributed by atoms with van der Waals surface area (Å²) in [6.45, 7) is 0. The lowest BCUT2D eigenvalue weighted by Crippen LogP contribution is -1.92. The fourth-order valence-corrected chi connectivity index (χ4v) is 2.65. The molecule has 3 aromatic rings. The van der Waals surface area contributed by atoms with Gasteiger partial charge in [-0.15, -0.1) is 0 Å². The van der Waals surface area contributed by atoms with Gasteiger partial charge in [-0.2, -0.15) is 0 Å². The average Bonchev–Trinajstić information content (AvgIpc) is 2.45. The number of nitrogen functional groups attached to an aromatic ring is 1. The predicted octanol–water partition coefficient (Wildman–Crippen LogP) is 5.03. The molecular formula is C15H10BrClN2O. The van der Waals surface area contributed by atoms with E-state index in [0.717, 1.165) is 15.4 Å². The molecule has 1 heterocycles. The molecule has 0 fully saturated rings. The molecule has 0 aliphatic carbocycles. The number of hydrogen-bond acceptors (Lipinski definition) is 3. The number of nitrogens with two attached hydrogens (primary N) is 1. The van der Waals surface area contributed by atoms with Crippen LogP contribution in [0.3, 0.4) is 0 Å². The van der Waals surface area contributed by atoms with Crippen LogP contribution in [0.4, 0.5) is 5.69 Å². The molecule has 3 nitrogen and oxygen atoms in total. The summed E-state index contributed by atoms with van der Waals surface area (Å²) in [5.41, 5.74) is 7.26. The van der Waals surface area contributed by atoms with Gasteiger partial charge < -0.3 is 10.5 Å². The first kappa shape index (κ1) is 13.2. The summed E-state index contributed by atoms with van der Waals surface area (Å²) in [6.07, 6.45) is 1.70. The minimum absolute atomic E-state index is 0.535. The largest absolute Gasteiger partial charge is 0.455 e. The highest BCUT2D eigenvalue weighted by Crippen LogP contribution is 2.36. The van der Waals surface area contributed by atoms with Crippen molar-refractivity contribution in [2.45, 2.75) is 0 Å². The number of halogens is 2. The Balaban J connectivity index is 2.09. The first-order chi connectivity index (χ1) is 9.65. The molecule has 0 amide bonds. The van der Waals surface area contributed by atoms with Crippen molar-refractivity contribution >= 4 is 44.1 Å². The Morgan fingerprint density at radius 3 is 2.70 bits per heavy atom. The highest BCUT2D eigenvalue weighted by Gasteiger charge is 2.09. The van der Waals surface area contributed by atoms with Crippen molar-refractivity contribution in [3.63, 3.8) is 0 Å². The average molecular weight is 350 g/mol. The van der Waals surface area contributed by atoms with E-state index in [-0.39, 0.29) is 0 Å². The van der Waals surface area contributed by atoms with Crippen molar-refractivity contribution in [1.29, 1.82) is 0 Å². The highest BCUT2D eigenvalue weighted by molar-refractivity contribution is 9.10. The van der Waals surface area contributed by atoms with Gasteiger partial charge >= 0.3 is 0 Å². The minimum atomic E-state index is 0.535. The van der Waals surface area contributed by atoms with Crippen LogP contribution in [0.2, 0.25) is 5.02 Å². The summed E-state index contributed by atoms with van der Waals surface area (Å²) in [7, 11) is 0. The Kier molecular flexibility index (Phi) is 3.51. The van der Waals surface area contributed by atoms with E-state index in [1.54, 1.807) is 18.3 Å². The third-order valence-corrected chi connectivity index (χ3v) is 3.66. The second-order valence-corrected chi connectivity index (χ2v) is 5.55. The van der Waals surface area contributed by atoms with E-state index < -0.39 is 0 Å². The Bertz CT molecular complexity index is 792. The van der Waals surface area contributed by atoms with Crippen LogP contribution in [-0.2, 0) is 0 Å². The maximum Gasteiger partial charge on any atom is 0.146 e. The number of rotatable bonds is 2. The van der Waals surface area contributed by atoms with Gasteiger partial charge in [0.25, 0.3) is 0 Å². The Labute approximate surface area is 129 Å². The Hall–Kier alpha value is -1.78. The van der Waals surface area contributed by atoms with Gasteiger partial charge in [-0.1, -0.05) is 27.5 Å². The Morgan fingerprint density at radius 1 is 1.10 bits per heavy atom. The van der Waals surface area contributed by atoms with Crippen molar-refractivity contribution < 1.29 is 4.74 Å². The van der Waals surface area contributed by atoms with Gasteiger partial charge in [0.2, 0.25) is 0 Å². The monoisotopic (exact) mass is 348 g/mol. The van der Waals surface area contributed by atoms with Gasteiger partial charge in [-0.05, 0) is 42.5 Å². The van der Waals surface area contributed by atoms with Crippen molar-refractivity contribution in [2.75, 3.05) is 5.73 Å². The normalized spacial score (nSPS) is 10.7. The number of aromatic nitrogens is 1. The standard InChI is InChI=1S/C15H10BrClN2O/c16-9-3-5-14(11(17)8-9)20-13-6-4-12(18)15-10(13)2-1-7-19-15/h1-8H,18H2. The first-order valence-electron chi connectivity index (χ1n) is 5.91. The summed E-state index contributed by atoms with van der Waals surface area (Å²) in [5, 5.41) is 1.39. The molecule has 2 aromatic carbocycles. The number of hydrogen-bond donors (Lipinski definition) is 1. The summed E-state index contributed by atoms with van der Waals surface area (Å²) >= 11 is 9.53. The third kappa shape index (κ3) is 2.44. The lowest BCUT2D eigenvalue weighted by Gasteiger charge is -2.11. The van der Waals surface area contributed by atoms with Crippen LogP contribution in [0.25, 0.3) is 10.9 Å². The number of pyridine rings is 1. The molecular weight excluding hydrogens is 340 g/mol. The van der Waals surface area contributed by atoms with E-state index in [1.165, 1.54) is 0 Å². The quantitative estimate of drug-likeness (QED) is 0.660. The van der Waals surface area contributed by atoms with Gasteiger partial charge in [0.15, 0.2) is 0 Å². The molecule has 0 radical (unpaired) electrons. The van der Waals surface area contributed by atoms with Crippen LogP contribution in [0, 0.1) is 0 Å². The molecule has 100 valence electrons. The van der Waals surface area contributed by atoms with Gasteiger partial charge in [0.05, 0.1) is 16.2 Å². The van der Waals surface area contributed by atoms with Gasteiger partial charge in [0, 0.05) is 16.1 Å². The maximum atomic E-state index is 6.17. The van der Waals surface area contributed by atoms with E-state index in [1.807, 2.05) is 30.3 Å². The van der Waals surface area contributed by atoms with Crippen molar-refractivity contribution in [1.82, 2.24) is 4.98 Å². The number of nitrogens with zero attached hydrogens (tertiary/aromatic N) is 1. The molecule has 0 saturated carbocycles. The molecule has 0 saturated heterocycles. The number of anilines is 1.